The summed E-state index contributed by atoms with van der Waals surface area (Å²) in [4.78, 5) is 0. The van der Waals surface area contributed by atoms with E-state index in [-0.39, 0.29) is 0 Å². The molecule has 0 unspecified atom stereocenters. The molecule has 0 radical (unpaired) electrons. The van der Waals surface area contributed by atoms with E-state index in [0.717, 1.165) is 35.6 Å². The fourth-order valence-corrected chi connectivity index (χ4v) is 8.23. The van der Waals surface area contributed by atoms with Crippen LogP contribution < -0.4 is 10.6 Å². The molecule has 0 spiro atoms. The maximum absolute atomic E-state index is 3.66. The van der Waals surface area contributed by atoms with E-state index < -0.39 is 0 Å². The van der Waals surface area contributed by atoms with Gasteiger partial charge in [0.25, 0.3) is 0 Å². The van der Waals surface area contributed by atoms with Crippen LogP contribution in [0.4, 0.5) is 22.7 Å². The maximum Gasteiger partial charge on any atom is 0.0387 e. The fourth-order valence-electron chi connectivity index (χ4n) is 8.23. The van der Waals surface area contributed by atoms with Crippen molar-refractivity contribution in [1.82, 2.24) is 0 Å². The van der Waals surface area contributed by atoms with Crippen LogP contribution in [0.1, 0.15) is 71.2 Å². The van der Waals surface area contributed by atoms with E-state index in [1.807, 2.05) is 0 Å². The van der Waals surface area contributed by atoms with E-state index in [1.165, 1.54) is 102 Å². The van der Waals surface area contributed by atoms with Gasteiger partial charge in [-0.2, -0.15) is 0 Å². The van der Waals surface area contributed by atoms with E-state index in [1.54, 1.807) is 0 Å². The van der Waals surface area contributed by atoms with Gasteiger partial charge in [-0.3, -0.25) is 0 Å². The standard InChI is InChI=1S/C54H56N2/c1-9-11-41-13-17-43(18-14-41)49-25-21-45(29-35(49)3)55-47-23-27-51(37(5)31-47)53-33-40(8)54(34-39(53)7)52-28-24-48(32-38(52)6)56-46-22-26-50(36(4)30-46)44-19-15-42(12-10-2)16-20-44/h13-34,55-56H,9-12H2,1-8H3. The van der Waals surface area contributed by atoms with Gasteiger partial charge in [0.15, 0.2) is 0 Å². The van der Waals surface area contributed by atoms with Crippen LogP contribution in [0.5, 0.6) is 0 Å². The molecule has 0 saturated heterocycles. The third-order valence-corrected chi connectivity index (χ3v) is 11.2. The molecule has 0 amide bonds. The first-order valence-corrected chi connectivity index (χ1v) is 20.4. The summed E-state index contributed by atoms with van der Waals surface area (Å²) in [6.07, 6.45) is 4.60. The van der Waals surface area contributed by atoms with Crippen molar-refractivity contribution >= 4 is 22.7 Å². The van der Waals surface area contributed by atoms with Crippen molar-refractivity contribution in [1.29, 1.82) is 0 Å². The van der Waals surface area contributed by atoms with E-state index in [0.29, 0.717) is 0 Å². The van der Waals surface area contributed by atoms with Gasteiger partial charge in [0.2, 0.25) is 0 Å². The summed E-state index contributed by atoms with van der Waals surface area (Å²) in [5.74, 6) is 0. The van der Waals surface area contributed by atoms with E-state index in [4.69, 9.17) is 0 Å². The molecule has 0 heterocycles. The number of aryl methyl sites for hydroxylation is 8. The lowest BCUT2D eigenvalue weighted by Gasteiger charge is -2.18. The first kappa shape index (κ1) is 38.4. The Balaban J connectivity index is 1.04. The van der Waals surface area contributed by atoms with Gasteiger partial charge in [-0.05, 0) is 192 Å². The highest BCUT2D eigenvalue weighted by molar-refractivity contribution is 5.82. The second-order valence-electron chi connectivity index (χ2n) is 15.7. The van der Waals surface area contributed by atoms with Crippen LogP contribution >= 0.6 is 0 Å². The van der Waals surface area contributed by atoms with Crippen LogP contribution in [0.2, 0.25) is 0 Å². The Bertz CT molecular complexity index is 2310. The lowest BCUT2D eigenvalue weighted by Crippen LogP contribution is -1.97. The molecule has 0 aliphatic heterocycles. The predicted molar refractivity (Wildman–Crippen MR) is 244 cm³/mol. The molecule has 0 atom stereocenters. The second kappa shape index (κ2) is 16.9. The molecule has 2 N–H and O–H groups in total. The van der Waals surface area contributed by atoms with Gasteiger partial charge in [-0.1, -0.05) is 112 Å². The van der Waals surface area contributed by atoms with Crippen molar-refractivity contribution in [2.75, 3.05) is 10.6 Å². The molecular weight excluding hydrogens is 677 g/mol. The Morgan fingerprint density at radius 1 is 0.304 bits per heavy atom. The zero-order valence-electron chi connectivity index (χ0n) is 34.5. The van der Waals surface area contributed by atoms with Crippen LogP contribution in [0.3, 0.4) is 0 Å². The molecule has 0 saturated carbocycles. The second-order valence-corrected chi connectivity index (χ2v) is 15.7. The Labute approximate surface area is 335 Å². The van der Waals surface area contributed by atoms with Crippen molar-refractivity contribution in [3.8, 4) is 44.5 Å². The SMILES string of the molecule is CCCc1ccc(-c2ccc(Nc3ccc(-c4cc(C)c(-c5ccc(Nc6ccc(-c7ccc(CCC)cc7)c(C)c6)cc5C)cc4C)c(C)c3)cc2C)cc1. The third-order valence-electron chi connectivity index (χ3n) is 11.2. The maximum atomic E-state index is 3.66. The molecule has 2 heteroatoms. The van der Waals surface area contributed by atoms with Crippen molar-refractivity contribution < 1.29 is 0 Å². The summed E-state index contributed by atoms with van der Waals surface area (Å²) in [5.41, 5.74) is 25.0. The minimum atomic E-state index is 1.10. The predicted octanol–water partition coefficient (Wildman–Crippen LogP) is 15.6. The highest BCUT2D eigenvalue weighted by Crippen LogP contribution is 2.37. The summed E-state index contributed by atoms with van der Waals surface area (Å²) in [6.45, 7) is 17.8. The molecule has 56 heavy (non-hydrogen) atoms. The molecule has 0 bridgehead atoms. The minimum Gasteiger partial charge on any atom is -0.356 e. The largest absolute Gasteiger partial charge is 0.356 e. The van der Waals surface area contributed by atoms with Gasteiger partial charge >= 0.3 is 0 Å². The van der Waals surface area contributed by atoms with Crippen molar-refractivity contribution in [2.45, 2.75) is 81.1 Å². The van der Waals surface area contributed by atoms with Crippen LogP contribution in [-0.2, 0) is 12.8 Å². The topological polar surface area (TPSA) is 24.1 Å². The normalized spacial score (nSPS) is 11.1. The molecule has 282 valence electrons. The van der Waals surface area contributed by atoms with Gasteiger partial charge in [0, 0.05) is 22.7 Å². The van der Waals surface area contributed by atoms with Crippen molar-refractivity contribution in [3.05, 3.63) is 178 Å². The first-order chi connectivity index (χ1) is 27.1. The number of hydrogen-bond acceptors (Lipinski definition) is 2. The number of nitrogens with one attached hydrogen (secondary N) is 2. The Kier molecular flexibility index (Phi) is 11.6. The zero-order chi connectivity index (χ0) is 39.3. The number of rotatable bonds is 12. The van der Waals surface area contributed by atoms with Gasteiger partial charge in [0.1, 0.15) is 0 Å². The Hall–Kier alpha value is -5.86. The summed E-state index contributed by atoms with van der Waals surface area (Å²) in [7, 11) is 0. The molecule has 0 fully saturated rings. The fraction of sp³-hybridized carbons (Fsp3) is 0.222. The lowest BCUT2D eigenvalue weighted by molar-refractivity contribution is 0.922. The third kappa shape index (κ3) is 8.51. The highest BCUT2D eigenvalue weighted by Gasteiger charge is 2.14. The summed E-state index contributed by atoms with van der Waals surface area (Å²) in [6, 6.07) is 49.6. The van der Waals surface area contributed by atoms with Crippen LogP contribution in [0.25, 0.3) is 44.5 Å². The Morgan fingerprint density at radius 3 is 0.875 bits per heavy atom. The molecule has 0 aromatic heterocycles. The lowest BCUT2D eigenvalue weighted by atomic mass is 9.89. The van der Waals surface area contributed by atoms with Crippen LogP contribution in [0, 0.1) is 41.5 Å². The van der Waals surface area contributed by atoms with E-state index >= 15 is 0 Å². The summed E-state index contributed by atoms with van der Waals surface area (Å²) in [5, 5.41) is 7.33. The van der Waals surface area contributed by atoms with Crippen LogP contribution in [-0.4, -0.2) is 0 Å². The smallest absolute Gasteiger partial charge is 0.0387 e. The molecule has 7 aromatic rings. The monoisotopic (exact) mass is 732 g/mol. The zero-order valence-corrected chi connectivity index (χ0v) is 34.5. The summed E-state index contributed by atoms with van der Waals surface area (Å²) < 4.78 is 0. The van der Waals surface area contributed by atoms with E-state index in [9.17, 15) is 0 Å². The molecule has 0 aliphatic carbocycles. The molecule has 7 aromatic carbocycles. The average Bonchev–Trinajstić information content (AvgIpc) is 3.17. The quantitative estimate of drug-likeness (QED) is 0.131. The molecule has 2 nitrogen and oxygen atoms in total. The number of benzene rings is 7. The van der Waals surface area contributed by atoms with Gasteiger partial charge in [0.05, 0.1) is 0 Å². The van der Waals surface area contributed by atoms with Gasteiger partial charge in [-0.25, -0.2) is 0 Å². The van der Waals surface area contributed by atoms with Crippen molar-refractivity contribution in [3.63, 3.8) is 0 Å². The average molecular weight is 733 g/mol. The first-order valence-electron chi connectivity index (χ1n) is 20.4. The number of anilines is 4. The van der Waals surface area contributed by atoms with Crippen molar-refractivity contribution in [2.24, 2.45) is 0 Å². The minimum absolute atomic E-state index is 1.10. The summed E-state index contributed by atoms with van der Waals surface area (Å²) >= 11 is 0. The molecular formula is C54H56N2. The Morgan fingerprint density at radius 2 is 0.589 bits per heavy atom. The van der Waals surface area contributed by atoms with Gasteiger partial charge in [-0.15, -0.1) is 0 Å². The molecule has 7 rings (SSSR count). The highest BCUT2D eigenvalue weighted by atomic mass is 14.9. The van der Waals surface area contributed by atoms with E-state index in [2.05, 4.69) is 199 Å². The van der Waals surface area contributed by atoms with Crippen LogP contribution in [0.15, 0.2) is 133 Å². The number of hydrogen-bond donors (Lipinski definition) is 2. The van der Waals surface area contributed by atoms with Gasteiger partial charge < -0.3 is 10.6 Å². The molecule has 0 aliphatic rings.